The first kappa shape index (κ1) is 34.0. The van der Waals surface area contributed by atoms with Gasteiger partial charge in [0.2, 0.25) is 11.8 Å². The Hall–Kier alpha value is -5.46. The van der Waals surface area contributed by atoms with Crippen molar-refractivity contribution in [1.82, 2.24) is 0 Å². The second-order valence-electron chi connectivity index (χ2n) is 13.0. The molecule has 0 bridgehead atoms. The van der Waals surface area contributed by atoms with Gasteiger partial charge in [-0.05, 0) is 61.6 Å². The van der Waals surface area contributed by atoms with Crippen molar-refractivity contribution < 1.29 is 55.4 Å². The molecule has 0 spiro atoms. The van der Waals surface area contributed by atoms with Crippen LogP contribution in [0, 0.1) is 17.8 Å². The van der Waals surface area contributed by atoms with Crippen LogP contribution in [0.4, 0.5) is 32.0 Å². The summed E-state index contributed by atoms with van der Waals surface area (Å²) in [6, 6.07) is 14.3. The van der Waals surface area contributed by atoms with Gasteiger partial charge >= 0.3 is 12.4 Å². The normalized spacial score (nSPS) is 23.5. The van der Waals surface area contributed by atoms with E-state index in [0.29, 0.717) is 28.4 Å². The molecule has 4 atom stereocenters. The van der Waals surface area contributed by atoms with Crippen molar-refractivity contribution in [3.8, 4) is 11.5 Å². The third-order valence-electron chi connectivity index (χ3n) is 9.95. The summed E-state index contributed by atoms with van der Waals surface area (Å²) >= 11 is 0. The Morgan fingerprint density at radius 1 is 0.843 bits per heavy atom. The van der Waals surface area contributed by atoms with Crippen LogP contribution < -0.4 is 9.64 Å². The number of imide groups is 1. The molecule has 0 aromatic heterocycles. The van der Waals surface area contributed by atoms with Crippen molar-refractivity contribution >= 4 is 29.1 Å². The maximum Gasteiger partial charge on any atom is 0.416 e. The number of ketones is 2. The second-order valence-corrected chi connectivity index (χ2v) is 13.0. The van der Waals surface area contributed by atoms with Crippen molar-refractivity contribution in [1.29, 1.82) is 0 Å². The van der Waals surface area contributed by atoms with Crippen LogP contribution in [-0.4, -0.2) is 28.5 Å². The molecular formula is C38H27F6NO6. The van der Waals surface area contributed by atoms with Gasteiger partial charge in [0, 0.05) is 34.3 Å². The van der Waals surface area contributed by atoms with Gasteiger partial charge in [-0.15, -0.1) is 0 Å². The number of hydrogen-bond donors (Lipinski definition) is 1. The van der Waals surface area contributed by atoms with Crippen LogP contribution in [0.15, 0.2) is 101 Å². The Kier molecular flexibility index (Phi) is 8.07. The summed E-state index contributed by atoms with van der Waals surface area (Å²) < 4.78 is 88.1. The fourth-order valence-electron chi connectivity index (χ4n) is 7.66. The zero-order valence-corrected chi connectivity index (χ0v) is 26.6. The number of rotatable bonds is 5. The Bertz CT molecular complexity index is 2080. The van der Waals surface area contributed by atoms with Crippen LogP contribution >= 0.6 is 0 Å². The molecule has 13 heteroatoms. The zero-order valence-electron chi connectivity index (χ0n) is 26.6. The van der Waals surface area contributed by atoms with E-state index in [0.717, 1.165) is 5.56 Å². The lowest BCUT2D eigenvalue weighted by Crippen LogP contribution is -2.39. The number of carbonyl (C=O) groups is 4. The van der Waals surface area contributed by atoms with Crippen molar-refractivity contribution in [3.05, 3.63) is 123 Å². The van der Waals surface area contributed by atoms with Gasteiger partial charge in [0.15, 0.2) is 11.6 Å². The van der Waals surface area contributed by atoms with Gasteiger partial charge in [0.05, 0.1) is 28.7 Å². The number of nitrogens with zero attached hydrogens (tertiary/aromatic N) is 1. The highest BCUT2D eigenvalue weighted by Crippen LogP contribution is 2.57. The van der Waals surface area contributed by atoms with Gasteiger partial charge in [-0.2, -0.15) is 26.3 Å². The van der Waals surface area contributed by atoms with Gasteiger partial charge < -0.3 is 9.84 Å². The summed E-state index contributed by atoms with van der Waals surface area (Å²) in [5, 5.41) is 11.3. The average molecular weight is 708 g/mol. The Morgan fingerprint density at radius 3 is 2.14 bits per heavy atom. The van der Waals surface area contributed by atoms with E-state index in [9.17, 15) is 50.6 Å². The maximum atomic E-state index is 14.1. The maximum absolute atomic E-state index is 14.1. The molecule has 1 heterocycles. The lowest BCUT2D eigenvalue weighted by molar-refractivity contribution is -0.143. The molecule has 4 aliphatic rings. The summed E-state index contributed by atoms with van der Waals surface area (Å²) in [6.07, 6.45) is -7.94. The topological polar surface area (TPSA) is 101 Å². The molecule has 3 aliphatic carbocycles. The van der Waals surface area contributed by atoms with E-state index in [1.807, 2.05) is 30.3 Å². The Balaban J connectivity index is 1.29. The van der Waals surface area contributed by atoms with E-state index in [2.05, 4.69) is 0 Å². The van der Waals surface area contributed by atoms with Crippen LogP contribution in [0.25, 0.3) is 0 Å². The molecule has 3 aromatic carbocycles. The van der Waals surface area contributed by atoms with E-state index in [-0.39, 0.29) is 53.5 Å². The van der Waals surface area contributed by atoms with Gasteiger partial charge in [-0.1, -0.05) is 48.0 Å². The molecule has 0 radical (unpaired) electrons. The molecule has 51 heavy (non-hydrogen) atoms. The third kappa shape index (κ3) is 5.83. The first-order valence-corrected chi connectivity index (χ1v) is 15.9. The number of hydrogen-bond acceptors (Lipinski definition) is 6. The molecule has 0 saturated carbocycles. The molecular weight excluding hydrogens is 680 g/mol. The highest BCUT2D eigenvalue weighted by Gasteiger charge is 2.57. The van der Waals surface area contributed by atoms with Crippen molar-refractivity contribution in [2.75, 3.05) is 4.90 Å². The predicted octanol–water partition coefficient (Wildman–Crippen LogP) is 7.64. The van der Waals surface area contributed by atoms with E-state index in [4.69, 9.17) is 4.74 Å². The van der Waals surface area contributed by atoms with E-state index in [1.165, 1.54) is 25.1 Å². The van der Waals surface area contributed by atoms with Crippen molar-refractivity contribution in [2.45, 2.75) is 44.6 Å². The number of halogens is 6. The Labute approximate surface area is 286 Å². The number of anilines is 1. The van der Waals surface area contributed by atoms with Gasteiger partial charge in [0.1, 0.15) is 18.1 Å². The Morgan fingerprint density at radius 2 is 1.51 bits per heavy atom. The number of Topliss-reactive ketones (excluding diaryl/α,β-unsaturated/α-hetero) is 1. The molecule has 7 rings (SSSR count). The molecule has 1 aliphatic heterocycles. The largest absolute Gasteiger partial charge is 0.507 e. The van der Waals surface area contributed by atoms with Crippen LogP contribution in [0.3, 0.4) is 0 Å². The third-order valence-corrected chi connectivity index (χ3v) is 9.95. The minimum Gasteiger partial charge on any atom is -0.507 e. The summed E-state index contributed by atoms with van der Waals surface area (Å²) in [5.41, 5.74) is -2.46. The zero-order chi connectivity index (χ0) is 36.6. The lowest BCUT2D eigenvalue weighted by atomic mass is 9.59. The van der Waals surface area contributed by atoms with Crippen LogP contribution in [-0.2, 0) is 38.1 Å². The number of allylic oxidation sites excluding steroid dienone is 6. The summed E-state index contributed by atoms with van der Waals surface area (Å²) in [6.45, 7) is 1.64. The van der Waals surface area contributed by atoms with E-state index in [1.54, 1.807) is 12.1 Å². The molecule has 4 unspecified atom stereocenters. The summed E-state index contributed by atoms with van der Waals surface area (Å²) in [4.78, 5) is 55.3. The molecule has 1 saturated heterocycles. The number of alkyl halides is 6. The van der Waals surface area contributed by atoms with Crippen molar-refractivity contribution in [2.24, 2.45) is 17.8 Å². The molecule has 2 amide bonds. The fraction of sp³-hybridized carbons (Fsp3) is 0.263. The molecule has 262 valence electrons. The second kappa shape index (κ2) is 12.1. The summed E-state index contributed by atoms with van der Waals surface area (Å²) in [7, 11) is 0. The van der Waals surface area contributed by atoms with Crippen LogP contribution in [0.1, 0.15) is 47.9 Å². The number of benzene rings is 3. The molecule has 1 N–H and O–H groups in total. The number of amides is 2. The number of phenols is 1. The first-order chi connectivity index (χ1) is 24.0. The quantitative estimate of drug-likeness (QED) is 0.127. The van der Waals surface area contributed by atoms with Gasteiger partial charge in [-0.25, -0.2) is 4.90 Å². The van der Waals surface area contributed by atoms with Crippen LogP contribution in [0.2, 0.25) is 0 Å². The number of aromatic hydroxyl groups is 1. The minimum absolute atomic E-state index is 0.0636. The average Bonchev–Trinajstić information content (AvgIpc) is 3.34. The lowest BCUT2D eigenvalue weighted by Gasteiger charge is -2.42. The minimum atomic E-state index is -5.22. The van der Waals surface area contributed by atoms with Crippen LogP contribution in [0.5, 0.6) is 11.5 Å². The van der Waals surface area contributed by atoms with E-state index < -0.39 is 76.2 Å². The summed E-state index contributed by atoms with van der Waals surface area (Å²) in [5.74, 6) is -7.39. The number of fused-ring (bicyclic) bond motifs is 3. The standard InChI is InChI=1S/C38H27F6NO6/c1-18-11-30(47)33-28(34(18)48)16-27-24(31(33)25-8-7-23(15-29(25)46)51-17-19-5-3-2-4-6-19)9-10-26-32(27)36(50)45(35(26)49)22-13-20(37(39,40)41)12-21(14-22)38(42,43)44/h2-9,11-15,26-27,31-32,46H,10,16-17H2,1H3. The van der Waals surface area contributed by atoms with E-state index >= 15 is 0 Å². The van der Waals surface area contributed by atoms with Gasteiger partial charge in [0.25, 0.3) is 0 Å². The monoisotopic (exact) mass is 707 g/mol. The smallest absolute Gasteiger partial charge is 0.416 e. The number of carbonyl (C=O) groups excluding carboxylic acids is 4. The first-order valence-electron chi connectivity index (χ1n) is 15.9. The number of phenolic OH excluding ortho intramolecular Hbond substituents is 1. The highest BCUT2D eigenvalue weighted by atomic mass is 19.4. The predicted molar refractivity (Wildman–Crippen MR) is 169 cm³/mol. The fourth-order valence-corrected chi connectivity index (χ4v) is 7.66. The molecule has 1 fully saturated rings. The van der Waals surface area contributed by atoms with Gasteiger partial charge in [-0.3, -0.25) is 19.2 Å². The number of ether oxygens (including phenoxy) is 1. The highest BCUT2D eigenvalue weighted by molar-refractivity contribution is 6.25. The molecule has 7 nitrogen and oxygen atoms in total. The SMILES string of the molecule is CC1=CC(=O)C2=C(CC3C(=CCC4C(=O)N(c5cc(C(F)(F)F)cc(C(F)(F)F)c5)C(=O)C43)C2c2ccc(OCc3ccccc3)cc2O)C1=O. The van der Waals surface area contributed by atoms with Crippen molar-refractivity contribution in [3.63, 3.8) is 0 Å². The molecule has 3 aromatic rings.